The molecule has 0 bridgehead atoms. The number of halogens is 2. The molecule has 5 aromatic rings. The number of nitrogens with one attached hydrogen (secondary N) is 1. The Hall–Kier alpha value is -4.56. The molecule has 7 rings (SSSR count). The predicted octanol–water partition coefficient (Wildman–Crippen LogP) is 2.96. The van der Waals surface area contributed by atoms with Gasteiger partial charge in [-0.2, -0.15) is 19.3 Å². The average Bonchev–Trinajstić information content (AvgIpc) is 3.38. The lowest BCUT2D eigenvalue weighted by Gasteiger charge is -2.24. The number of anilines is 1. The third kappa shape index (κ3) is 4.01. The fourth-order valence-electron chi connectivity index (χ4n) is 6.33. The SMILES string of the molecule is Cc1cc2c(cnn2-c2ccc(F)cc2)cc1C12CN(S(=O)(=O)c3cnn(C)n3)C[C@@H]1[C@H]2C(=O)Nc1ccc(F)cn1. The zero-order valence-electron chi connectivity index (χ0n) is 22.4. The molecular formula is C28H24F2N8O3S. The van der Waals surface area contributed by atoms with E-state index in [1.807, 2.05) is 19.1 Å². The summed E-state index contributed by atoms with van der Waals surface area (Å²) in [5, 5.41) is 15.8. The van der Waals surface area contributed by atoms with Crippen molar-refractivity contribution in [2.45, 2.75) is 17.4 Å². The number of amides is 1. The second kappa shape index (κ2) is 9.22. The normalized spacial score (nSPS) is 21.9. The number of aryl methyl sites for hydroxylation is 2. The summed E-state index contributed by atoms with van der Waals surface area (Å²) in [6.07, 6.45) is 3.92. The Kier molecular flexibility index (Phi) is 5.79. The van der Waals surface area contributed by atoms with E-state index in [1.54, 1.807) is 23.0 Å². The van der Waals surface area contributed by atoms with Crippen LogP contribution in [0.1, 0.15) is 11.1 Å². The molecule has 1 aliphatic carbocycles. The van der Waals surface area contributed by atoms with Crippen LogP contribution in [0.4, 0.5) is 14.6 Å². The molecule has 11 nitrogen and oxygen atoms in total. The third-order valence-corrected chi connectivity index (χ3v) is 9.95. The van der Waals surface area contributed by atoms with Crippen molar-refractivity contribution in [3.05, 3.63) is 89.9 Å². The molecule has 4 heterocycles. The monoisotopic (exact) mass is 590 g/mol. The van der Waals surface area contributed by atoms with Gasteiger partial charge in [0.05, 0.1) is 35.7 Å². The summed E-state index contributed by atoms with van der Waals surface area (Å²) in [4.78, 5) is 18.7. The lowest BCUT2D eigenvalue weighted by atomic mass is 9.88. The molecule has 2 aliphatic rings. The molecule has 3 atom stereocenters. The van der Waals surface area contributed by atoms with Gasteiger partial charge in [0.2, 0.25) is 10.9 Å². The van der Waals surface area contributed by atoms with Gasteiger partial charge in [-0.15, -0.1) is 5.10 Å². The fourth-order valence-corrected chi connectivity index (χ4v) is 7.74. The Bertz CT molecular complexity index is 1970. The minimum atomic E-state index is -3.96. The van der Waals surface area contributed by atoms with Gasteiger partial charge in [0.25, 0.3) is 10.0 Å². The van der Waals surface area contributed by atoms with Gasteiger partial charge >= 0.3 is 0 Å². The highest BCUT2D eigenvalue weighted by atomic mass is 32.2. The average molecular weight is 591 g/mol. The van der Waals surface area contributed by atoms with Gasteiger partial charge in [0.1, 0.15) is 17.5 Å². The van der Waals surface area contributed by atoms with Gasteiger partial charge in [0.15, 0.2) is 0 Å². The number of carbonyl (C=O) groups is 1. The summed E-state index contributed by atoms with van der Waals surface area (Å²) in [5.74, 6) is -1.87. The highest BCUT2D eigenvalue weighted by Gasteiger charge is 2.74. The molecule has 14 heteroatoms. The van der Waals surface area contributed by atoms with E-state index in [2.05, 4.69) is 25.6 Å². The van der Waals surface area contributed by atoms with Gasteiger partial charge < -0.3 is 5.32 Å². The maximum atomic E-state index is 13.6. The summed E-state index contributed by atoms with van der Waals surface area (Å²) in [6, 6.07) is 12.5. The molecule has 3 aromatic heterocycles. The summed E-state index contributed by atoms with van der Waals surface area (Å²) in [6.45, 7) is 2.08. The number of sulfonamides is 1. The molecule has 1 saturated carbocycles. The topological polar surface area (TPSA) is 128 Å². The van der Waals surface area contributed by atoms with Crippen molar-refractivity contribution >= 4 is 32.7 Å². The Morgan fingerprint density at radius 2 is 1.79 bits per heavy atom. The van der Waals surface area contributed by atoms with E-state index < -0.39 is 27.2 Å². The zero-order chi connectivity index (χ0) is 29.4. The molecule has 1 unspecified atom stereocenters. The first-order valence-electron chi connectivity index (χ1n) is 13.1. The van der Waals surface area contributed by atoms with Crippen molar-refractivity contribution in [2.24, 2.45) is 18.9 Å². The van der Waals surface area contributed by atoms with E-state index in [0.29, 0.717) is 5.69 Å². The molecule has 1 N–H and O–H groups in total. The van der Waals surface area contributed by atoms with E-state index in [1.165, 1.54) is 46.6 Å². The van der Waals surface area contributed by atoms with Crippen LogP contribution in [0.5, 0.6) is 0 Å². The van der Waals surface area contributed by atoms with Crippen LogP contribution in [0.25, 0.3) is 16.6 Å². The van der Waals surface area contributed by atoms with Gasteiger partial charge in [0, 0.05) is 30.9 Å². The lowest BCUT2D eigenvalue weighted by Crippen LogP contribution is -2.37. The second-order valence-corrected chi connectivity index (χ2v) is 12.6. The molecule has 1 amide bonds. The highest BCUT2D eigenvalue weighted by molar-refractivity contribution is 7.89. The van der Waals surface area contributed by atoms with E-state index in [9.17, 15) is 22.0 Å². The molecule has 1 saturated heterocycles. The molecule has 2 aromatic carbocycles. The maximum Gasteiger partial charge on any atom is 0.264 e. The largest absolute Gasteiger partial charge is 0.310 e. The number of carbonyl (C=O) groups excluding carboxylic acids is 1. The van der Waals surface area contributed by atoms with Crippen LogP contribution < -0.4 is 5.32 Å². The standard InChI is InChI=1S/C28H24F2N8O3S/c1-16-9-23-17(11-33-38(23)20-6-3-18(29)4-7-20)10-21(16)28-15-37(42(40,41)25-13-32-36(2)35-25)14-22(28)26(28)27(39)34-24-8-5-19(30)12-31-24/h3-13,22,26H,14-15H2,1-2H3,(H,31,34,39)/t22-,26+,28?/m1/s1. The number of pyridine rings is 1. The zero-order valence-corrected chi connectivity index (χ0v) is 23.3. The quantitative estimate of drug-likeness (QED) is 0.322. The third-order valence-electron chi connectivity index (χ3n) is 8.28. The first-order chi connectivity index (χ1) is 20.1. The minimum Gasteiger partial charge on any atom is -0.310 e. The van der Waals surface area contributed by atoms with Crippen LogP contribution >= 0.6 is 0 Å². The molecule has 214 valence electrons. The molecule has 0 radical (unpaired) electrons. The van der Waals surface area contributed by atoms with E-state index in [-0.39, 0.29) is 41.6 Å². The van der Waals surface area contributed by atoms with E-state index in [0.717, 1.165) is 28.2 Å². The molecule has 42 heavy (non-hydrogen) atoms. The number of benzene rings is 2. The summed E-state index contributed by atoms with van der Waals surface area (Å²) in [5.41, 5.74) is 2.34. The van der Waals surface area contributed by atoms with Crippen LogP contribution in [0, 0.1) is 30.4 Å². The first-order valence-corrected chi connectivity index (χ1v) is 14.6. The first kappa shape index (κ1) is 26.3. The van der Waals surface area contributed by atoms with E-state index >= 15 is 0 Å². The van der Waals surface area contributed by atoms with Crippen LogP contribution in [-0.2, 0) is 27.3 Å². The van der Waals surface area contributed by atoms with Crippen molar-refractivity contribution in [3.63, 3.8) is 0 Å². The van der Waals surface area contributed by atoms with E-state index in [4.69, 9.17) is 0 Å². The highest BCUT2D eigenvalue weighted by Crippen LogP contribution is 2.65. The second-order valence-electron chi connectivity index (χ2n) is 10.7. The summed E-state index contributed by atoms with van der Waals surface area (Å²) >= 11 is 0. The van der Waals surface area contributed by atoms with Crippen LogP contribution in [0.3, 0.4) is 0 Å². The minimum absolute atomic E-state index is 0.0595. The Balaban J connectivity index is 1.28. The van der Waals surface area contributed by atoms with Crippen molar-refractivity contribution in [1.82, 2.24) is 34.1 Å². The Morgan fingerprint density at radius 1 is 1.02 bits per heavy atom. The van der Waals surface area contributed by atoms with Crippen molar-refractivity contribution in [1.29, 1.82) is 0 Å². The smallest absolute Gasteiger partial charge is 0.264 e. The lowest BCUT2D eigenvalue weighted by molar-refractivity contribution is -0.118. The van der Waals surface area contributed by atoms with Gasteiger partial charge in [-0.05, 0) is 72.5 Å². The summed E-state index contributed by atoms with van der Waals surface area (Å²) in [7, 11) is -2.43. The predicted molar refractivity (Wildman–Crippen MR) is 147 cm³/mol. The Labute approximate surface area is 238 Å². The van der Waals surface area contributed by atoms with Gasteiger partial charge in [-0.1, -0.05) is 0 Å². The van der Waals surface area contributed by atoms with Crippen molar-refractivity contribution in [3.8, 4) is 5.69 Å². The Morgan fingerprint density at radius 3 is 2.48 bits per heavy atom. The van der Waals surface area contributed by atoms with Crippen molar-refractivity contribution in [2.75, 3.05) is 18.4 Å². The van der Waals surface area contributed by atoms with Gasteiger partial charge in [-0.3, -0.25) is 4.79 Å². The number of aromatic nitrogens is 6. The maximum absolute atomic E-state index is 13.6. The molecule has 1 aliphatic heterocycles. The van der Waals surface area contributed by atoms with Gasteiger partial charge in [-0.25, -0.2) is 26.9 Å². The number of rotatable bonds is 6. The number of hydrogen-bond donors (Lipinski definition) is 1. The molecular weight excluding hydrogens is 566 g/mol. The number of piperidine rings is 1. The van der Waals surface area contributed by atoms with Crippen LogP contribution in [0.15, 0.2) is 72.1 Å². The van der Waals surface area contributed by atoms with Crippen LogP contribution in [-0.4, -0.2) is 61.5 Å². The number of fused-ring (bicyclic) bond motifs is 2. The number of nitrogens with zero attached hydrogens (tertiary/aromatic N) is 7. The number of hydrogen-bond acceptors (Lipinski definition) is 7. The molecule has 2 fully saturated rings. The fraction of sp³-hybridized carbons (Fsp3) is 0.250. The van der Waals surface area contributed by atoms with Crippen molar-refractivity contribution < 1.29 is 22.0 Å². The summed E-state index contributed by atoms with van der Waals surface area (Å²) < 4.78 is 57.0. The molecule has 0 spiro atoms. The van der Waals surface area contributed by atoms with Crippen LogP contribution in [0.2, 0.25) is 0 Å².